The second kappa shape index (κ2) is 8.99. The first-order valence-corrected chi connectivity index (χ1v) is 10.2. The molecule has 160 valence electrons. The molecule has 0 aliphatic heterocycles. The topological polar surface area (TPSA) is 87.2 Å². The average Bonchev–Trinajstić information content (AvgIpc) is 2.96. The third-order valence-corrected chi connectivity index (χ3v) is 4.50. The molecule has 0 saturated heterocycles. The molecule has 2 aromatic rings. The van der Waals surface area contributed by atoms with Crippen molar-refractivity contribution in [3.05, 3.63) is 41.2 Å². The zero-order valence-electron chi connectivity index (χ0n) is 18.7. The Morgan fingerprint density at radius 2 is 1.79 bits per heavy atom. The Balaban J connectivity index is 2.09. The minimum Gasteiger partial charge on any atom is -0.444 e. The lowest BCUT2D eigenvalue weighted by molar-refractivity contribution is 0.0497. The molecule has 1 aromatic carbocycles. The second-order valence-electron chi connectivity index (χ2n) is 9.57. The van der Waals surface area contributed by atoms with Crippen molar-refractivity contribution in [3.8, 4) is 11.4 Å². The molecule has 0 aliphatic carbocycles. The number of aromatic amines is 1. The summed E-state index contributed by atoms with van der Waals surface area (Å²) in [4.78, 5) is 20.2. The molecule has 0 aliphatic rings. The second-order valence-corrected chi connectivity index (χ2v) is 9.57. The van der Waals surface area contributed by atoms with Gasteiger partial charge in [0.2, 0.25) is 0 Å². The summed E-state index contributed by atoms with van der Waals surface area (Å²) in [5.41, 5.74) is 3.68. The van der Waals surface area contributed by atoms with Crippen LogP contribution in [-0.2, 0) is 16.6 Å². The van der Waals surface area contributed by atoms with E-state index in [4.69, 9.17) is 9.72 Å². The lowest BCUT2D eigenvalue weighted by Gasteiger charge is -2.23. The van der Waals surface area contributed by atoms with Gasteiger partial charge in [-0.1, -0.05) is 45.0 Å². The van der Waals surface area contributed by atoms with Crippen LogP contribution in [-0.4, -0.2) is 39.4 Å². The summed E-state index contributed by atoms with van der Waals surface area (Å²) >= 11 is 0. The highest BCUT2D eigenvalue weighted by molar-refractivity contribution is 5.68. The summed E-state index contributed by atoms with van der Waals surface area (Å²) in [6.07, 6.45) is 0.617. The summed E-state index contributed by atoms with van der Waals surface area (Å²) < 4.78 is 5.33. The van der Waals surface area contributed by atoms with Gasteiger partial charge in [0.25, 0.3) is 0 Å². The standard InChI is InChI=1S/C23H35N3O3/c1-15-19(22(2,3)4)26-20(24-15)17-10-8-16(9-11-17)14-18(12-13-27)25-21(28)29-23(5,6)7/h8-11,18,27H,12-14H2,1-7H3,(H,24,26)(H,25,28)/t18-/m1/s1. The van der Waals surface area contributed by atoms with Crippen LogP contribution >= 0.6 is 0 Å². The number of nitrogens with one attached hydrogen (secondary N) is 2. The Morgan fingerprint density at radius 1 is 1.17 bits per heavy atom. The van der Waals surface area contributed by atoms with Gasteiger partial charge in [-0.3, -0.25) is 0 Å². The molecule has 29 heavy (non-hydrogen) atoms. The summed E-state index contributed by atoms with van der Waals surface area (Å²) in [5.74, 6) is 0.859. The molecule has 0 unspecified atom stereocenters. The molecular weight excluding hydrogens is 366 g/mol. The zero-order valence-corrected chi connectivity index (χ0v) is 18.7. The largest absolute Gasteiger partial charge is 0.444 e. The first-order chi connectivity index (χ1) is 13.4. The third kappa shape index (κ3) is 6.89. The number of alkyl carbamates (subject to hydrolysis) is 1. The molecular formula is C23H35N3O3. The SMILES string of the molecule is Cc1[nH]c(-c2ccc(C[C@@H](CCO)NC(=O)OC(C)(C)C)cc2)nc1C(C)(C)C. The number of ether oxygens (including phenoxy) is 1. The van der Waals surface area contributed by atoms with Gasteiger partial charge < -0.3 is 20.1 Å². The number of hydrogen-bond donors (Lipinski definition) is 3. The van der Waals surface area contributed by atoms with E-state index < -0.39 is 11.7 Å². The molecule has 0 radical (unpaired) electrons. The fourth-order valence-electron chi connectivity index (χ4n) is 3.27. The Hall–Kier alpha value is -2.34. The number of amides is 1. The summed E-state index contributed by atoms with van der Waals surface area (Å²) in [6, 6.07) is 7.93. The maximum atomic E-state index is 12.1. The van der Waals surface area contributed by atoms with Crippen LogP contribution in [0, 0.1) is 6.92 Å². The highest BCUT2D eigenvalue weighted by Gasteiger charge is 2.22. The van der Waals surface area contributed by atoms with Crippen molar-refractivity contribution in [2.75, 3.05) is 6.61 Å². The summed E-state index contributed by atoms with van der Waals surface area (Å²) in [7, 11) is 0. The van der Waals surface area contributed by atoms with Gasteiger partial charge in [0.05, 0.1) is 5.69 Å². The van der Waals surface area contributed by atoms with Crippen molar-refractivity contribution in [1.29, 1.82) is 0 Å². The number of rotatable bonds is 6. The third-order valence-electron chi connectivity index (χ3n) is 4.50. The van der Waals surface area contributed by atoms with E-state index in [0.29, 0.717) is 12.8 Å². The van der Waals surface area contributed by atoms with Crippen LogP contribution in [0.5, 0.6) is 0 Å². The number of hydrogen-bond acceptors (Lipinski definition) is 4. The first kappa shape index (κ1) is 22.9. The minimum absolute atomic E-state index is 0.000198. The monoisotopic (exact) mass is 401 g/mol. The predicted octanol–water partition coefficient (Wildman–Crippen LogP) is 4.50. The molecule has 6 heteroatoms. The van der Waals surface area contributed by atoms with Crippen molar-refractivity contribution in [3.63, 3.8) is 0 Å². The van der Waals surface area contributed by atoms with Crippen LogP contribution in [0.15, 0.2) is 24.3 Å². The van der Waals surface area contributed by atoms with Crippen LogP contribution in [0.1, 0.15) is 64.9 Å². The zero-order chi connectivity index (χ0) is 21.8. The minimum atomic E-state index is -0.553. The van der Waals surface area contributed by atoms with E-state index in [0.717, 1.165) is 28.3 Å². The van der Waals surface area contributed by atoms with E-state index in [9.17, 15) is 9.90 Å². The number of imidazole rings is 1. The van der Waals surface area contributed by atoms with Crippen molar-refractivity contribution in [2.45, 2.75) is 78.4 Å². The molecule has 1 aromatic heterocycles. The molecule has 0 saturated carbocycles. The number of carbonyl (C=O) groups excluding carboxylic acids is 1. The molecule has 1 heterocycles. The fraction of sp³-hybridized carbons (Fsp3) is 0.565. The van der Waals surface area contributed by atoms with Gasteiger partial charge in [-0.2, -0.15) is 0 Å². The van der Waals surface area contributed by atoms with Gasteiger partial charge in [0, 0.05) is 29.3 Å². The van der Waals surface area contributed by atoms with Crippen molar-refractivity contribution in [1.82, 2.24) is 15.3 Å². The van der Waals surface area contributed by atoms with Crippen LogP contribution in [0.2, 0.25) is 0 Å². The highest BCUT2D eigenvalue weighted by atomic mass is 16.6. The van der Waals surface area contributed by atoms with Crippen LogP contribution in [0.25, 0.3) is 11.4 Å². The number of nitrogens with zero attached hydrogens (tertiary/aromatic N) is 1. The number of benzene rings is 1. The average molecular weight is 402 g/mol. The summed E-state index contributed by atoms with van der Waals surface area (Å²) in [5, 5.41) is 12.2. The lowest BCUT2D eigenvalue weighted by atomic mass is 9.91. The quantitative estimate of drug-likeness (QED) is 0.665. The summed E-state index contributed by atoms with van der Waals surface area (Å²) in [6.45, 7) is 14.0. The molecule has 6 nitrogen and oxygen atoms in total. The number of H-pyrrole nitrogens is 1. The van der Waals surface area contributed by atoms with Gasteiger partial charge >= 0.3 is 6.09 Å². The number of aromatic nitrogens is 2. The lowest BCUT2D eigenvalue weighted by Crippen LogP contribution is -2.40. The Labute approximate surface area is 174 Å². The van der Waals surface area contributed by atoms with E-state index >= 15 is 0 Å². The normalized spacial score (nSPS) is 13.2. The van der Waals surface area contributed by atoms with Gasteiger partial charge in [-0.15, -0.1) is 0 Å². The molecule has 0 spiro atoms. The predicted molar refractivity (Wildman–Crippen MR) is 116 cm³/mol. The molecule has 0 bridgehead atoms. The van der Waals surface area contributed by atoms with Gasteiger partial charge in [-0.05, 0) is 46.1 Å². The van der Waals surface area contributed by atoms with Crippen LogP contribution in [0.4, 0.5) is 4.79 Å². The van der Waals surface area contributed by atoms with Crippen molar-refractivity contribution < 1.29 is 14.6 Å². The number of aliphatic hydroxyl groups excluding tert-OH is 1. The number of aliphatic hydroxyl groups is 1. The molecule has 1 amide bonds. The van der Waals surface area contributed by atoms with Gasteiger partial charge in [0.15, 0.2) is 0 Å². The van der Waals surface area contributed by atoms with Crippen molar-refractivity contribution >= 4 is 6.09 Å². The fourth-order valence-corrected chi connectivity index (χ4v) is 3.27. The Bertz CT molecular complexity index is 811. The smallest absolute Gasteiger partial charge is 0.407 e. The van der Waals surface area contributed by atoms with Crippen LogP contribution < -0.4 is 5.32 Å². The van der Waals surface area contributed by atoms with Crippen molar-refractivity contribution in [2.24, 2.45) is 0 Å². The van der Waals surface area contributed by atoms with E-state index in [1.807, 2.05) is 52.0 Å². The molecule has 0 fully saturated rings. The van der Waals surface area contributed by atoms with E-state index in [1.54, 1.807) is 0 Å². The van der Waals surface area contributed by atoms with E-state index in [2.05, 4.69) is 31.1 Å². The maximum Gasteiger partial charge on any atom is 0.407 e. The first-order valence-electron chi connectivity index (χ1n) is 10.2. The van der Waals surface area contributed by atoms with Crippen LogP contribution in [0.3, 0.4) is 0 Å². The number of carbonyl (C=O) groups is 1. The Kier molecular flexibility index (Phi) is 7.11. The van der Waals surface area contributed by atoms with Gasteiger partial charge in [0.1, 0.15) is 11.4 Å². The molecule has 2 rings (SSSR count). The van der Waals surface area contributed by atoms with E-state index in [-0.39, 0.29) is 18.1 Å². The maximum absolute atomic E-state index is 12.1. The Morgan fingerprint density at radius 3 is 2.28 bits per heavy atom. The number of aryl methyl sites for hydroxylation is 1. The van der Waals surface area contributed by atoms with E-state index in [1.165, 1.54) is 0 Å². The highest BCUT2D eigenvalue weighted by Crippen LogP contribution is 2.27. The van der Waals surface area contributed by atoms with Gasteiger partial charge in [-0.25, -0.2) is 9.78 Å². The molecule has 1 atom stereocenters. The molecule has 3 N–H and O–H groups in total.